The Hall–Kier alpha value is -4.88. The SMILES string of the molecule is CC/C=C\C/C=C\C/C=C\C/C=C\CCCCCCCCC(=O)OCC(COC1OC(C(=O)O)C(O)C(O)C1OC(=O)CCCCCCCCC/C=C\C/C=C\C/C=C\CC)OC(=O)CCCCCCC/C=C\C/C=C\C/C=C\CC. The van der Waals surface area contributed by atoms with E-state index in [1.165, 1.54) is 0 Å². The van der Waals surface area contributed by atoms with Crippen LogP contribution in [0.15, 0.2) is 122 Å². The molecule has 0 aromatic carbocycles. The molecule has 0 saturated carbocycles. The highest BCUT2D eigenvalue weighted by Gasteiger charge is 2.50. The standard InChI is InChI=1S/C69H110O12/c1-4-7-10-13-16-19-22-25-28-30-31-33-35-37-40-43-46-49-52-55-61(70)77-58-60(79-62(71)56-53-50-47-44-41-38-34-27-24-21-18-15-12-9-6-3)59-78-69-67(65(74)64(73)66(81-69)68(75)76)80-63(72)57-54-51-48-45-42-39-36-32-29-26-23-20-17-14-11-8-5-2/h7-12,16-21,25-29,31,33-34,60,64-67,69,73-74H,4-6,13-15,22-24,30,32,35-59H2,1-3H3,(H,75,76)/b10-7-,11-8-,12-9-,19-16-,20-17-,21-18-,28-25-,29-26-,33-31-,34-27-. The maximum atomic E-state index is 13.2. The van der Waals surface area contributed by atoms with E-state index in [4.69, 9.17) is 23.7 Å². The molecule has 1 saturated heterocycles. The molecule has 81 heavy (non-hydrogen) atoms. The quantitative estimate of drug-likeness (QED) is 0.0228. The Morgan fingerprint density at radius 2 is 0.741 bits per heavy atom. The molecule has 3 N–H and O–H groups in total. The number of carboxylic acid groups (broad SMARTS) is 1. The molecule has 1 aliphatic heterocycles. The van der Waals surface area contributed by atoms with E-state index in [-0.39, 0.29) is 25.9 Å². The van der Waals surface area contributed by atoms with Gasteiger partial charge in [0, 0.05) is 19.3 Å². The summed E-state index contributed by atoms with van der Waals surface area (Å²) in [5, 5.41) is 31.6. The number of aliphatic carboxylic acids is 1. The molecule has 1 fully saturated rings. The second-order valence-electron chi connectivity index (χ2n) is 20.9. The summed E-state index contributed by atoms with van der Waals surface area (Å²) in [5.41, 5.74) is 0. The lowest BCUT2D eigenvalue weighted by Crippen LogP contribution is -2.61. The molecule has 0 spiro atoms. The van der Waals surface area contributed by atoms with Crippen molar-refractivity contribution in [3.05, 3.63) is 122 Å². The fraction of sp³-hybridized carbons (Fsp3) is 0.652. The highest BCUT2D eigenvalue weighted by atomic mass is 16.7. The highest BCUT2D eigenvalue weighted by molar-refractivity contribution is 5.74. The maximum absolute atomic E-state index is 13.2. The number of aliphatic hydroxyl groups is 2. The Labute approximate surface area is 490 Å². The van der Waals surface area contributed by atoms with Crippen LogP contribution >= 0.6 is 0 Å². The highest BCUT2D eigenvalue weighted by Crippen LogP contribution is 2.26. The number of esters is 3. The van der Waals surface area contributed by atoms with Crippen molar-refractivity contribution < 1.29 is 58.2 Å². The van der Waals surface area contributed by atoms with Gasteiger partial charge in [0.2, 0.25) is 0 Å². The van der Waals surface area contributed by atoms with Crippen LogP contribution in [0.2, 0.25) is 0 Å². The van der Waals surface area contributed by atoms with Crippen molar-refractivity contribution in [1.82, 2.24) is 0 Å². The number of aliphatic hydroxyl groups excluding tert-OH is 2. The van der Waals surface area contributed by atoms with Crippen molar-refractivity contribution in [3.63, 3.8) is 0 Å². The summed E-state index contributed by atoms with van der Waals surface area (Å²) in [6.45, 7) is 5.63. The minimum Gasteiger partial charge on any atom is -0.479 e. The Bertz CT molecular complexity index is 1870. The number of carbonyl (C=O) groups is 4. The normalized spacial score (nSPS) is 18.6. The van der Waals surface area contributed by atoms with Gasteiger partial charge < -0.3 is 39.0 Å². The molecule has 1 aliphatic rings. The van der Waals surface area contributed by atoms with Gasteiger partial charge in [-0.2, -0.15) is 0 Å². The minimum absolute atomic E-state index is 0.0396. The van der Waals surface area contributed by atoms with Crippen LogP contribution in [0, 0.1) is 0 Å². The van der Waals surface area contributed by atoms with Gasteiger partial charge in [-0.15, -0.1) is 0 Å². The lowest BCUT2D eigenvalue weighted by molar-refractivity contribution is -0.301. The monoisotopic (exact) mass is 1130 g/mol. The number of rotatable bonds is 52. The fourth-order valence-corrected chi connectivity index (χ4v) is 8.80. The minimum atomic E-state index is -1.92. The lowest BCUT2D eigenvalue weighted by atomic mass is 9.98. The van der Waals surface area contributed by atoms with Crippen LogP contribution in [0.3, 0.4) is 0 Å². The van der Waals surface area contributed by atoms with E-state index in [0.29, 0.717) is 19.3 Å². The molecule has 0 aliphatic carbocycles. The largest absolute Gasteiger partial charge is 0.479 e. The Kier molecular flexibility index (Phi) is 50.9. The third-order valence-corrected chi connectivity index (χ3v) is 13.5. The molecule has 12 nitrogen and oxygen atoms in total. The predicted molar refractivity (Wildman–Crippen MR) is 330 cm³/mol. The van der Waals surface area contributed by atoms with E-state index in [1.54, 1.807) is 0 Å². The fourth-order valence-electron chi connectivity index (χ4n) is 8.80. The zero-order valence-electron chi connectivity index (χ0n) is 50.5. The number of unbranched alkanes of at least 4 members (excludes halogenated alkanes) is 18. The molecule has 6 atom stereocenters. The van der Waals surface area contributed by atoms with Crippen LogP contribution in [0.1, 0.15) is 239 Å². The van der Waals surface area contributed by atoms with Crippen molar-refractivity contribution in [3.8, 4) is 0 Å². The van der Waals surface area contributed by atoms with Crippen molar-refractivity contribution in [1.29, 1.82) is 0 Å². The molecule has 0 aromatic heterocycles. The summed E-state index contributed by atoms with van der Waals surface area (Å²) in [5.74, 6) is -3.18. The lowest BCUT2D eigenvalue weighted by Gasteiger charge is -2.40. The van der Waals surface area contributed by atoms with E-state index >= 15 is 0 Å². The van der Waals surface area contributed by atoms with Crippen LogP contribution in [0.4, 0.5) is 0 Å². The zero-order valence-corrected chi connectivity index (χ0v) is 50.5. The van der Waals surface area contributed by atoms with E-state index in [9.17, 15) is 34.5 Å². The van der Waals surface area contributed by atoms with Crippen LogP contribution < -0.4 is 0 Å². The number of carbonyl (C=O) groups excluding carboxylic acids is 3. The van der Waals surface area contributed by atoms with Gasteiger partial charge in [-0.1, -0.05) is 219 Å². The molecule has 12 heteroatoms. The summed E-state index contributed by atoms with van der Waals surface area (Å²) in [6, 6.07) is 0. The number of ether oxygens (including phenoxy) is 5. The predicted octanol–water partition coefficient (Wildman–Crippen LogP) is 16.8. The third kappa shape index (κ3) is 45.3. The third-order valence-electron chi connectivity index (χ3n) is 13.5. The van der Waals surface area contributed by atoms with Gasteiger partial charge >= 0.3 is 23.9 Å². The topological polar surface area (TPSA) is 175 Å². The van der Waals surface area contributed by atoms with Gasteiger partial charge in [-0.25, -0.2) is 4.79 Å². The van der Waals surface area contributed by atoms with Crippen molar-refractivity contribution in [2.45, 2.75) is 276 Å². The molecular weight excluding hydrogens is 1020 g/mol. The van der Waals surface area contributed by atoms with Gasteiger partial charge in [0.25, 0.3) is 0 Å². The van der Waals surface area contributed by atoms with Gasteiger partial charge in [0.05, 0.1) is 6.61 Å². The van der Waals surface area contributed by atoms with Crippen molar-refractivity contribution in [2.24, 2.45) is 0 Å². The number of allylic oxidation sites excluding steroid dienone is 20. The first kappa shape index (κ1) is 74.1. The van der Waals surface area contributed by atoms with E-state index < -0.39 is 67.3 Å². The second-order valence-corrected chi connectivity index (χ2v) is 20.9. The summed E-state index contributed by atoms with van der Waals surface area (Å²) in [4.78, 5) is 51.3. The summed E-state index contributed by atoms with van der Waals surface area (Å²) in [7, 11) is 0. The van der Waals surface area contributed by atoms with Gasteiger partial charge in [-0.05, 0) is 122 Å². The van der Waals surface area contributed by atoms with Crippen LogP contribution in [-0.2, 0) is 42.9 Å². The van der Waals surface area contributed by atoms with Gasteiger partial charge in [-0.3, -0.25) is 14.4 Å². The Balaban J connectivity index is 2.69. The number of hydrogen-bond donors (Lipinski definition) is 3. The first-order valence-corrected chi connectivity index (χ1v) is 31.5. The van der Waals surface area contributed by atoms with Crippen molar-refractivity contribution in [2.75, 3.05) is 13.2 Å². The van der Waals surface area contributed by atoms with Gasteiger partial charge in [0.15, 0.2) is 24.6 Å². The van der Waals surface area contributed by atoms with Crippen LogP contribution in [0.25, 0.3) is 0 Å². The molecule has 458 valence electrons. The molecule has 0 bridgehead atoms. The molecule has 1 heterocycles. The molecule has 0 amide bonds. The average molecular weight is 1130 g/mol. The average Bonchev–Trinajstić information content (AvgIpc) is 3.53. The first-order valence-electron chi connectivity index (χ1n) is 31.5. The Morgan fingerprint density at radius 1 is 0.407 bits per heavy atom. The molecule has 1 rings (SSSR count). The molecular formula is C69H110O12. The van der Waals surface area contributed by atoms with E-state index in [1.807, 2.05) is 0 Å². The summed E-state index contributed by atoms with van der Waals surface area (Å²) in [6.07, 6.45) is 64.4. The van der Waals surface area contributed by atoms with E-state index in [0.717, 1.165) is 180 Å². The molecule has 0 aromatic rings. The second kappa shape index (κ2) is 55.6. The van der Waals surface area contributed by atoms with Crippen LogP contribution in [0.5, 0.6) is 0 Å². The zero-order chi connectivity index (χ0) is 58.9. The summed E-state index contributed by atoms with van der Waals surface area (Å²) < 4.78 is 28.5. The first-order chi connectivity index (χ1) is 39.6. The van der Waals surface area contributed by atoms with Gasteiger partial charge in [0.1, 0.15) is 18.8 Å². The molecule has 0 radical (unpaired) electrons. The summed E-state index contributed by atoms with van der Waals surface area (Å²) >= 11 is 0. The van der Waals surface area contributed by atoms with E-state index in [2.05, 4.69) is 142 Å². The number of carboxylic acids is 1. The van der Waals surface area contributed by atoms with Crippen LogP contribution in [-0.4, -0.2) is 89.2 Å². The smallest absolute Gasteiger partial charge is 0.335 e. The van der Waals surface area contributed by atoms with Crippen molar-refractivity contribution >= 4 is 23.9 Å². The Morgan fingerprint density at radius 3 is 1.12 bits per heavy atom. The molecule has 6 unspecified atom stereocenters. The number of hydrogen-bond acceptors (Lipinski definition) is 11. The maximum Gasteiger partial charge on any atom is 0.335 e.